The molecule has 0 aliphatic heterocycles. The van der Waals surface area contributed by atoms with Crippen LogP contribution in [0.1, 0.15) is 278 Å². The zero-order chi connectivity index (χ0) is 42.1. The molecule has 1 atom stereocenters. The van der Waals surface area contributed by atoms with Crippen LogP contribution in [0.4, 0.5) is 0 Å². The van der Waals surface area contributed by atoms with E-state index in [4.69, 9.17) is 14.2 Å². The van der Waals surface area contributed by atoms with Gasteiger partial charge >= 0.3 is 11.9 Å². The molecule has 0 aliphatic carbocycles. The minimum Gasteiger partial charge on any atom is -0.462 e. The van der Waals surface area contributed by atoms with Crippen molar-refractivity contribution in [2.24, 2.45) is 0 Å². The van der Waals surface area contributed by atoms with Crippen LogP contribution in [-0.2, 0) is 23.8 Å². The first-order valence-corrected chi connectivity index (χ1v) is 25.9. The first-order valence-electron chi connectivity index (χ1n) is 25.9. The zero-order valence-electron chi connectivity index (χ0n) is 39.3. The van der Waals surface area contributed by atoms with Gasteiger partial charge < -0.3 is 14.2 Å². The molecule has 0 rings (SSSR count). The summed E-state index contributed by atoms with van der Waals surface area (Å²) in [5.74, 6) is -0.398. The highest BCUT2D eigenvalue weighted by Gasteiger charge is 2.17. The van der Waals surface area contributed by atoms with Gasteiger partial charge in [-0.2, -0.15) is 0 Å². The minimum absolute atomic E-state index is 0.0852. The quantitative estimate of drug-likeness (QED) is 0.0348. The van der Waals surface area contributed by atoms with Crippen LogP contribution in [-0.4, -0.2) is 37.9 Å². The molecule has 5 nitrogen and oxygen atoms in total. The van der Waals surface area contributed by atoms with Crippen LogP contribution in [0.5, 0.6) is 0 Å². The maximum absolute atomic E-state index is 12.8. The molecule has 0 aliphatic rings. The number of unbranched alkanes of at least 4 members (excludes halogenated alkanes) is 33. The van der Waals surface area contributed by atoms with Crippen molar-refractivity contribution < 1.29 is 23.8 Å². The van der Waals surface area contributed by atoms with Gasteiger partial charge in [0.15, 0.2) is 6.10 Å². The fraction of sp³-hybridized carbons (Fsp3) is 0.887. The Morgan fingerprint density at radius 3 is 1.21 bits per heavy atom. The Morgan fingerprint density at radius 1 is 0.379 bits per heavy atom. The average Bonchev–Trinajstić information content (AvgIpc) is 3.22. The van der Waals surface area contributed by atoms with E-state index < -0.39 is 6.10 Å². The van der Waals surface area contributed by atoms with Crippen LogP contribution < -0.4 is 0 Å². The zero-order valence-corrected chi connectivity index (χ0v) is 39.3. The van der Waals surface area contributed by atoms with Gasteiger partial charge in [-0.1, -0.05) is 244 Å². The molecule has 5 heteroatoms. The van der Waals surface area contributed by atoms with Crippen LogP contribution in [0.3, 0.4) is 0 Å². The summed E-state index contributed by atoms with van der Waals surface area (Å²) in [4.78, 5) is 25.3. The van der Waals surface area contributed by atoms with E-state index in [9.17, 15) is 9.59 Å². The SMILES string of the molecule is CCC/C=C\C/C=C\CCCCCCCC(=O)OCC(COCCCCCCCCCCCCCCCCCCCC)OC(=O)CCCCCCCCCCCCC. The Hall–Kier alpha value is -1.62. The lowest BCUT2D eigenvalue weighted by molar-refractivity contribution is -0.163. The van der Waals surface area contributed by atoms with Crippen LogP contribution in [0.25, 0.3) is 0 Å². The lowest BCUT2D eigenvalue weighted by atomic mass is 10.0. The summed E-state index contributed by atoms with van der Waals surface area (Å²) < 4.78 is 17.4. The molecule has 58 heavy (non-hydrogen) atoms. The van der Waals surface area contributed by atoms with Crippen molar-refractivity contribution >= 4 is 11.9 Å². The summed E-state index contributed by atoms with van der Waals surface area (Å²) in [6, 6.07) is 0. The minimum atomic E-state index is -0.533. The molecule has 0 spiro atoms. The number of hydrogen-bond acceptors (Lipinski definition) is 5. The summed E-state index contributed by atoms with van der Waals surface area (Å²) in [6.07, 6.45) is 57.6. The van der Waals surface area contributed by atoms with E-state index in [1.54, 1.807) is 0 Å². The monoisotopic (exact) mass is 817 g/mol. The molecule has 0 heterocycles. The van der Waals surface area contributed by atoms with Crippen LogP contribution in [0.2, 0.25) is 0 Å². The maximum Gasteiger partial charge on any atom is 0.306 e. The van der Waals surface area contributed by atoms with Gasteiger partial charge in [-0.05, 0) is 44.9 Å². The third-order valence-electron chi connectivity index (χ3n) is 11.5. The third-order valence-corrected chi connectivity index (χ3v) is 11.5. The van der Waals surface area contributed by atoms with E-state index in [0.29, 0.717) is 26.1 Å². The van der Waals surface area contributed by atoms with E-state index in [1.807, 2.05) is 0 Å². The maximum atomic E-state index is 12.8. The lowest BCUT2D eigenvalue weighted by Crippen LogP contribution is -2.30. The van der Waals surface area contributed by atoms with Crippen molar-refractivity contribution in [2.75, 3.05) is 19.8 Å². The Balaban J connectivity index is 4.18. The van der Waals surface area contributed by atoms with Gasteiger partial charge in [0, 0.05) is 19.4 Å². The molecular formula is C53H100O5. The molecule has 0 saturated carbocycles. The largest absolute Gasteiger partial charge is 0.462 e. The second-order valence-electron chi connectivity index (χ2n) is 17.4. The van der Waals surface area contributed by atoms with E-state index in [0.717, 1.165) is 51.4 Å². The second kappa shape index (κ2) is 49.7. The topological polar surface area (TPSA) is 61.8 Å². The molecule has 0 aromatic heterocycles. The van der Waals surface area contributed by atoms with Gasteiger partial charge in [-0.3, -0.25) is 9.59 Å². The molecule has 0 radical (unpaired) electrons. The van der Waals surface area contributed by atoms with E-state index >= 15 is 0 Å². The summed E-state index contributed by atoms with van der Waals surface area (Å²) >= 11 is 0. The van der Waals surface area contributed by atoms with Gasteiger partial charge in [0.25, 0.3) is 0 Å². The predicted octanol–water partition coefficient (Wildman–Crippen LogP) is 17.2. The van der Waals surface area contributed by atoms with Gasteiger partial charge in [0.2, 0.25) is 0 Å². The van der Waals surface area contributed by atoms with E-state index in [-0.39, 0.29) is 18.5 Å². The van der Waals surface area contributed by atoms with Crippen molar-refractivity contribution in [3.05, 3.63) is 24.3 Å². The van der Waals surface area contributed by atoms with Crippen molar-refractivity contribution in [1.29, 1.82) is 0 Å². The number of carbonyl (C=O) groups is 2. The first-order chi connectivity index (χ1) is 28.6. The lowest BCUT2D eigenvalue weighted by Gasteiger charge is -2.18. The highest BCUT2D eigenvalue weighted by Crippen LogP contribution is 2.16. The molecule has 0 fully saturated rings. The third kappa shape index (κ3) is 47.1. The molecule has 0 aromatic carbocycles. The van der Waals surface area contributed by atoms with Gasteiger partial charge in [-0.25, -0.2) is 0 Å². The van der Waals surface area contributed by atoms with Gasteiger partial charge in [-0.15, -0.1) is 0 Å². The standard InChI is InChI=1S/C53H100O5/c1-4-7-10-13-16-19-22-24-25-26-27-28-30-33-36-39-42-45-48-56-49-51(58-53(55)47-44-41-38-35-31-21-18-15-12-9-6-3)50-57-52(54)46-43-40-37-34-32-29-23-20-17-14-11-8-5-2/h11,14,20,23,51H,4-10,12-13,15-19,21-22,24-50H2,1-3H3/b14-11-,23-20-. The van der Waals surface area contributed by atoms with Crippen molar-refractivity contribution in [3.63, 3.8) is 0 Å². The smallest absolute Gasteiger partial charge is 0.306 e. The highest BCUT2D eigenvalue weighted by molar-refractivity contribution is 5.70. The molecular weight excluding hydrogens is 717 g/mol. The van der Waals surface area contributed by atoms with E-state index in [2.05, 4.69) is 45.1 Å². The summed E-state index contributed by atoms with van der Waals surface area (Å²) in [7, 11) is 0. The van der Waals surface area contributed by atoms with Crippen LogP contribution in [0.15, 0.2) is 24.3 Å². The molecule has 0 amide bonds. The van der Waals surface area contributed by atoms with Gasteiger partial charge in [0.05, 0.1) is 6.61 Å². The fourth-order valence-corrected chi connectivity index (χ4v) is 7.61. The summed E-state index contributed by atoms with van der Waals surface area (Å²) in [5.41, 5.74) is 0. The molecule has 0 aromatic rings. The molecule has 0 bridgehead atoms. The Kier molecular flexibility index (Phi) is 48.4. The van der Waals surface area contributed by atoms with Crippen molar-refractivity contribution in [3.8, 4) is 0 Å². The van der Waals surface area contributed by atoms with Crippen LogP contribution in [0, 0.1) is 0 Å². The number of rotatable bonds is 48. The number of ether oxygens (including phenoxy) is 3. The molecule has 0 N–H and O–H groups in total. The molecule has 0 saturated heterocycles. The van der Waals surface area contributed by atoms with Crippen molar-refractivity contribution in [2.45, 2.75) is 284 Å². The van der Waals surface area contributed by atoms with Crippen molar-refractivity contribution in [1.82, 2.24) is 0 Å². The number of esters is 2. The first kappa shape index (κ1) is 56.4. The average molecular weight is 817 g/mol. The predicted molar refractivity (Wildman–Crippen MR) is 252 cm³/mol. The molecule has 1 unspecified atom stereocenters. The highest BCUT2D eigenvalue weighted by atomic mass is 16.6. The normalized spacial score (nSPS) is 12.3. The summed E-state index contributed by atoms with van der Waals surface area (Å²) in [6.45, 7) is 7.80. The Labute approximate surface area is 362 Å². The second-order valence-corrected chi connectivity index (χ2v) is 17.4. The fourth-order valence-electron chi connectivity index (χ4n) is 7.61. The number of hydrogen-bond donors (Lipinski definition) is 0. The molecule has 342 valence electrons. The Morgan fingerprint density at radius 2 is 0.759 bits per heavy atom. The number of allylic oxidation sites excluding steroid dienone is 4. The van der Waals surface area contributed by atoms with Gasteiger partial charge in [0.1, 0.15) is 6.61 Å². The Bertz CT molecular complexity index is 882. The number of carbonyl (C=O) groups excluding carboxylic acids is 2. The summed E-state index contributed by atoms with van der Waals surface area (Å²) in [5, 5.41) is 0. The van der Waals surface area contributed by atoms with E-state index in [1.165, 1.54) is 193 Å². The van der Waals surface area contributed by atoms with Crippen LogP contribution >= 0.6 is 0 Å².